The molecule has 1 aliphatic carbocycles. The van der Waals surface area contributed by atoms with Gasteiger partial charge in [0.1, 0.15) is 0 Å². The summed E-state index contributed by atoms with van der Waals surface area (Å²) in [4.78, 5) is 0. The highest BCUT2D eigenvalue weighted by Gasteiger charge is 2.23. The van der Waals surface area contributed by atoms with E-state index in [0.717, 1.165) is 0 Å². The van der Waals surface area contributed by atoms with Crippen LogP contribution < -0.4 is 0 Å². The van der Waals surface area contributed by atoms with Crippen molar-refractivity contribution in [3.63, 3.8) is 0 Å². The average molecular weight is 301 g/mol. The van der Waals surface area contributed by atoms with Crippen molar-refractivity contribution in [1.82, 2.24) is 0 Å². The summed E-state index contributed by atoms with van der Waals surface area (Å²) in [6.45, 7) is 2.19. The molecular weight excluding hydrogens is 276 g/mol. The molecule has 1 unspecified atom stereocenters. The van der Waals surface area contributed by atoms with Gasteiger partial charge in [0.25, 0.3) is 0 Å². The van der Waals surface area contributed by atoms with Gasteiger partial charge >= 0.3 is 0 Å². The zero-order valence-corrected chi connectivity index (χ0v) is 13.7. The van der Waals surface area contributed by atoms with E-state index in [1.807, 2.05) is 0 Å². The molecule has 0 radical (unpaired) electrons. The summed E-state index contributed by atoms with van der Waals surface area (Å²) in [7, 11) is 0. The van der Waals surface area contributed by atoms with Gasteiger partial charge in [-0.05, 0) is 47.6 Å². The Hall–Kier alpha value is -1.01. The van der Waals surface area contributed by atoms with Crippen molar-refractivity contribution < 1.29 is 0 Å². The van der Waals surface area contributed by atoms with E-state index in [4.69, 9.17) is 11.6 Å². The summed E-state index contributed by atoms with van der Waals surface area (Å²) in [6.07, 6.45) is 9.44. The molecule has 2 aromatic rings. The van der Waals surface area contributed by atoms with Crippen LogP contribution in [0.25, 0.3) is 10.8 Å². The first-order chi connectivity index (χ1) is 10.3. The molecule has 0 bridgehead atoms. The van der Waals surface area contributed by atoms with Crippen molar-refractivity contribution in [1.29, 1.82) is 0 Å². The van der Waals surface area contributed by atoms with Gasteiger partial charge in [0.15, 0.2) is 0 Å². The number of aryl methyl sites for hydroxylation is 1. The number of hydrogen-bond donors (Lipinski definition) is 0. The average Bonchev–Trinajstić information content (AvgIpc) is 2.47. The van der Waals surface area contributed by atoms with Crippen LogP contribution in [0.15, 0.2) is 36.4 Å². The highest BCUT2D eigenvalue weighted by Crippen LogP contribution is 2.40. The molecular formula is C20H25Cl. The summed E-state index contributed by atoms with van der Waals surface area (Å²) in [6, 6.07) is 13.2. The van der Waals surface area contributed by atoms with Crippen molar-refractivity contribution in [2.24, 2.45) is 5.92 Å². The predicted molar refractivity (Wildman–Crippen MR) is 93.1 cm³/mol. The lowest BCUT2D eigenvalue weighted by Crippen LogP contribution is -2.11. The van der Waals surface area contributed by atoms with Crippen LogP contribution in [-0.2, 0) is 0 Å². The Labute approximate surface area is 133 Å². The van der Waals surface area contributed by atoms with Crippen LogP contribution >= 0.6 is 11.6 Å². The zero-order chi connectivity index (χ0) is 14.7. The standard InChI is InChI=1S/C20H25Cl/c1-15-13-14-19(18-12-8-7-11-17(15)18)20(21)16-9-5-3-2-4-6-10-16/h7-8,11-14,16,20H,2-6,9-10H2,1H3. The summed E-state index contributed by atoms with van der Waals surface area (Å²) >= 11 is 6.94. The molecule has 1 atom stereocenters. The summed E-state index contributed by atoms with van der Waals surface area (Å²) in [5.74, 6) is 0.637. The van der Waals surface area contributed by atoms with E-state index < -0.39 is 0 Å². The molecule has 1 saturated carbocycles. The minimum atomic E-state index is 0.161. The molecule has 2 aromatic carbocycles. The molecule has 0 amide bonds. The van der Waals surface area contributed by atoms with Crippen LogP contribution in [0, 0.1) is 12.8 Å². The number of halogens is 1. The second-order valence-corrected chi connectivity index (χ2v) is 6.99. The second-order valence-electron chi connectivity index (χ2n) is 6.52. The highest BCUT2D eigenvalue weighted by molar-refractivity contribution is 6.22. The van der Waals surface area contributed by atoms with E-state index in [-0.39, 0.29) is 5.38 Å². The van der Waals surface area contributed by atoms with Gasteiger partial charge in [0.05, 0.1) is 5.38 Å². The summed E-state index contributed by atoms with van der Waals surface area (Å²) in [5.41, 5.74) is 2.68. The minimum Gasteiger partial charge on any atom is -0.117 e. The van der Waals surface area contributed by atoms with E-state index in [9.17, 15) is 0 Å². The third kappa shape index (κ3) is 3.26. The number of rotatable bonds is 2. The van der Waals surface area contributed by atoms with E-state index in [1.54, 1.807) is 0 Å². The van der Waals surface area contributed by atoms with Crippen molar-refractivity contribution in [2.75, 3.05) is 0 Å². The van der Waals surface area contributed by atoms with Crippen molar-refractivity contribution in [3.05, 3.63) is 47.5 Å². The lowest BCUT2D eigenvalue weighted by atomic mass is 9.84. The smallest absolute Gasteiger partial charge is 0.0619 e. The van der Waals surface area contributed by atoms with E-state index in [2.05, 4.69) is 43.3 Å². The van der Waals surface area contributed by atoms with Crippen LogP contribution in [0.5, 0.6) is 0 Å². The van der Waals surface area contributed by atoms with Crippen LogP contribution in [0.4, 0.5) is 0 Å². The Bertz CT molecular complexity index is 594. The van der Waals surface area contributed by atoms with Gasteiger partial charge in [0, 0.05) is 0 Å². The molecule has 112 valence electrons. The van der Waals surface area contributed by atoms with Crippen LogP contribution in [0.2, 0.25) is 0 Å². The Morgan fingerprint density at radius 1 is 0.857 bits per heavy atom. The third-order valence-corrected chi connectivity index (χ3v) is 5.63. The second kappa shape index (κ2) is 6.83. The molecule has 1 aliphatic rings. The van der Waals surface area contributed by atoms with Crippen molar-refractivity contribution in [2.45, 2.75) is 57.2 Å². The van der Waals surface area contributed by atoms with Crippen LogP contribution in [0.3, 0.4) is 0 Å². The van der Waals surface area contributed by atoms with Gasteiger partial charge in [-0.2, -0.15) is 0 Å². The van der Waals surface area contributed by atoms with Gasteiger partial charge < -0.3 is 0 Å². The normalized spacial score (nSPS) is 19.1. The highest BCUT2D eigenvalue weighted by atomic mass is 35.5. The first-order valence-corrected chi connectivity index (χ1v) is 8.83. The zero-order valence-electron chi connectivity index (χ0n) is 12.9. The van der Waals surface area contributed by atoms with Crippen LogP contribution in [0.1, 0.15) is 61.4 Å². The lowest BCUT2D eigenvalue weighted by Gasteiger charge is -2.26. The molecule has 0 N–H and O–H groups in total. The van der Waals surface area contributed by atoms with Gasteiger partial charge in [-0.15, -0.1) is 11.6 Å². The Morgan fingerprint density at radius 2 is 1.48 bits per heavy atom. The maximum absolute atomic E-state index is 6.94. The first kappa shape index (κ1) is 14.9. The maximum atomic E-state index is 6.94. The molecule has 0 heterocycles. The fourth-order valence-corrected chi connectivity index (χ4v) is 4.19. The number of fused-ring (bicyclic) bond motifs is 1. The minimum absolute atomic E-state index is 0.161. The summed E-state index contributed by atoms with van der Waals surface area (Å²) < 4.78 is 0. The number of benzene rings is 2. The Balaban J connectivity index is 1.93. The Morgan fingerprint density at radius 3 is 2.19 bits per heavy atom. The predicted octanol–water partition coefficient (Wildman–Crippen LogP) is 6.79. The fraction of sp³-hybridized carbons (Fsp3) is 0.500. The molecule has 1 fully saturated rings. The topological polar surface area (TPSA) is 0 Å². The third-order valence-electron chi connectivity index (χ3n) is 5.04. The van der Waals surface area contributed by atoms with Gasteiger partial charge in [0.2, 0.25) is 0 Å². The van der Waals surface area contributed by atoms with E-state index >= 15 is 0 Å². The van der Waals surface area contributed by atoms with E-state index in [0.29, 0.717) is 5.92 Å². The van der Waals surface area contributed by atoms with E-state index in [1.165, 1.54) is 66.8 Å². The number of hydrogen-bond acceptors (Lipinski definition) is 0. The van der Waals surface area contributed by atoms with Gasteiger partial charge in [-0.3, -0.25) is 0 Å². The number of alkyl halides is 1. The SMILES string of the molecule is Cc1ccc(C(Cl)C2CCCCCCC2)c2ccccc12. The van der Waals surface area contributed by atoms with Crippen LogP contribution in [-0.4, -0.2) is 0 Å². The quantitative estimate of drug-likeness (QED) is 0.536. The lowest BCUT2D eigenvalue weighted by molar-refractivity contribution is 0.369. The summed E-state index contributed by atoms with van der Waals surface area (Å²) in [5, 5.41) is 2.86. The molecule has 21 heavy (non-hydrogen) atoms. The first-order valence-electron chi connectivity index (χ1n) is 8.39. The van der Waals surface area contributed by atoms with Gasteiger partial charge in [-0.25, -0.2) is 0 Å². The largest absolute Gasteiger partial charge is 0.117 e. The molecule has 0 spiro atoms. The molecule has 0 saturated heterocycles. The molecule has 0 nitrogen and oxygen atoms in total. The Kier molecular flexibility index (Phi) is 4.85. The van der Waals surface area contributed by atoms with Crippen molar-refractivity contribution >= 4 is 22.4 Å². The molecule has 1 heteroatoms. The molecule has 3 rings (SSSR count). The monoisotopic (exact) mass is 300 g/mol. The fourth-order valence-electron chi connectivity index (χ4n) is 3.75. The maximum Gasteiger partial charge on any atom is 0.0619 e. The van der Waals surface area contributed by atoms with Gasteiger partial charge in [-0.1, -0.05) is 68.5 Å². The van der Waals surface area contributed by atoms with Crippen molar-refractivity contribution in [3.8, 4) is 0 Å². The molecule has 0 aromatic heterocycles. The molecule has 0 aliphatic heterocycles.